The molecule has 3 N–H and O–H groups in total. The van der Waals surface area contributed by atoms with Crippen LogP contribution in [0.1, 0.15) is 57.4 Å². The molecule has 1 aliphatic carbocycles. The first kappa shape index (κ1) is 17.3. The number of anilines is 1. The van der Waals surface area contributed by atoms with E-state index in [4.69, 9.17) is 5.41 Å². The fraction of sp³-hybridized carbons (Fsp3) is 0.556. The Kier molecular flexibility index (Phi) is 6.44. The van der Waals surface area contributed by atoms with Crippen LogP contribution in [0.2, 0.25) is 0 Å². The van der Waals surface area contributed by atoms with Crippen molar-refractivity contribution in [2.24, 2.45) is 0 Å². The summed E-state index contributed by atoms with van der Waals surface area (Å²) in [6.45, 7) is 6.81. The van der Waals surface area contributed by atoms with E-state index >= 15 is 0 Å². The summed E-state index contributed by atoms with van der Waals surface area (Å²) in [5, 5.41) is 14.3. The van der Waals surface area contributed by atoms with Crippen LogP contribution < -0.4 is 16.2 Å². The second-order valence-corrected chi connectivity index (χ2v) is 6.21. The Balaban J connectivity index is 2.15. The van der Waals surface area contributed by atoms with Crippen LogP contribution >= 0.6 is 0 Å². The second kappa shape index (κ2) is 8.56. The molecule has 23 heavy (non-hydrogen) atoms. The van der Waals surface area contributed by atoms with Gasteiger partial charge in [0.1, 0.15) is 5.82 Å². The molecular formula is C18H28N4O. The summed E-state index contributed by atoms with van der Waals surface area (Å²) >= 11 is 0. The minimum atomic E-state index is -0.0444. The van der Waals surface area contributed by atoms with Gasteiger partial charge in [-0.25, -0.2) is 0 Å². The van der Waals surface area contributed by atoms with Crippen LogP contribution in [0.3, 0.4) is 0 Å². The first-order valence-corrected chi connectivity index (χ1v) is 8.62. The zero-order valence-corrected chi connectivity index (χ0v) is 14.0. The van der Waals surface area contributed by atoms with Gasteiger partial charge in [-0.3, -0.25) is 9.36 Å². The minimum absolute atomic E-state index is 0.0444. The maximum Gasteiger partial charge on any atom is 0.252 e. The molecule has 1 aliphatic rings. The molecule has 0 amide bonds. The van der Waals surface area contributed by atoms with Crippen molar-refractivity contribution in [3.63, 3.8) is 0 Å². The molecule has 1 aromatic heterocycles. The van der Waals surface area contributed by atoms with Crippen LogP contribution in [0.15, 0.2) is 29.3 Å². The number of pyridine rings is 1. The Morgan fingerprint density at radius 2 is 2.13 bits per heavy atom. The fourth-order valence-corrected chi connectivity index (χ4v) is 3.06. The van der Waals surface area contributed by atoms with Gasteiger partial charge in [0.2, 0.25) is 0 Å². The van der Waals surface area contributed by atoms with Gasteiger partial charge >= 0.3 is 0 Å². The average Bonchev–Trinajstić information content (AvgIpc) is 2.55. The zero-order chi connectivity index (χ0) is 16.7. The molecule has 0 radical (unpaired) electrons. The van der Waals surface area contributed by atoms with Crippen molar-refractivity contribution < 1.29 is 0 Å². The largest absolute Gasteiger partial charge is 0.369 e. The number of nitrogens with zero attached hydrogens (tertiary/aromatic N) is 1. The number of hydrogen-bond acceptors (Lipinski definition) is 4. The molecule has 0 spiro atoms. The molecule has 5 nitrogen and oxygen atoms in total. The van der Waals surface area contributed by atoms with Gasteiger partial charge in [-0.15, -0.1) is 0 Å². The average molecular weight is 316 g/mol. The standard InChI is InChI=1S/C18H28N4O/c1-3-4-12-22-17(23)11-10-15(13-19)18(22)21-14(2)20-16-8-6-5-7-9-16/h10-11,13,16,19-21H,2-9,12H2,1H3. The summed E-state index contributed by atoms with van der Waals surface area (Å²) in [7, 11) is 0. The predicted octanol–water partition coefficient (Wildman–Crippen LogP) is 3.45. The minimum Gasteiger partial charge on any atom is -0.369 e. The molecule has 1 fully saturated rings. The lowest BCUT2D eigenvalue weighted by Crippen LogP contribution is -2.34. The van der Waals surface area contributed by atoms with E-state index in [2.05, 4.69) is 24.1 Å². The zero-order valence-electron chi connectivity index (χ0n) is 14.0. The van der Waals surface area contributed by atoms with Crippen LogP contribution in [0.25, 0.3) is 0 Å². The Morgan fingerprint density at radius 1 is 1.39 bits per heavy atom. The van der Waals surface area contributed by atoms with Gasteiger partial charge in [-0.2, -0.15) is 0 Å². The van der Waals surface area contributed by atoms with Gasteiger partial charge in [-0.05, 0) is 25.3 Å². The number of aromatic nitrogens is 1. The summed E-state index contributed by atoms with van der Waals surface area (Å²) in [5.41, 5.74) is 0.657. The molecule has 126 valence electrons. The van der Waals surface area contributed by atoms with Gasteiger partial charge in [0.25, 0.3) is 5.56 Å². The van der Waals surface area contributed by atoms with Gasteiger partial charge in [-0.1, -0.05) is 39.2 Å². The molecule has 0 bridgehead atoms. The summed E-state index contributed by atoms with van der Waals surface area (Å²) in [5.74, 6) is 1.37. The highest BCUT2D eigenvalue weighted by Crippen LogP contribution is 2.19. The third-order valence-corrected chi connectivity index (χ3v) is 4.36. The molecule has 2 rings (SSSR count). The van der Waals surface area contributed by atoms with E-state index < -0.39 is 0 Å². The maximum atomic E-state index is 12.2. The Bertz CT molecular complexity index is 600. The summed E-state index contributed by atoms with van der Waals surface area (Å²) in [4.78, 5) is 12.2. The summed E-state index contributed by atoms with van der Waals surface area (Å²) < 4.78 is 1.71. The number of hydrogen-bond donors (Lipinski definition) is 3. The van der Waals surface area contributed by atoms with Crippen LogP contribution in [-0.4, -0.2) is 16.8 Å². The van der Waals surface area contributed by atoms with Crippen LogP contribution in [0.4, 0.5) is 5.82 Å². The van der Waals surface area contributed by atoms with Crippen molar-refractivity contribution in [1.29, 1.82) is 5.41 Å². The first-order chi connectivity index (χ1) is 11.2. The topological polar surface area (TPSA) is 69.9 Å². The number of unbranched alkanes of at least 4 members (excludes halogenated alkanes) is 1. The lowest BCUT2D eigenvalue weighted by molar-refractivity contribution is 0.397. The monoisotopic (exact) mass is 316 g/mol. The van der Waals surface area contributed by atoms with Crippen LogP contribution in [0, 0.1) is 5.41 Å². The molecule has 5 heteroatoms. The summed E-state index contributed by atoms with van der Waals surface area (Å²) in [6, 6.07) is 3.67. The van der Waals surface area contributed by atoms with E-state index in [1.54, 1.807) is 10.6 Å². The summed E-state index contributed by atoms with van der Waals surface area (Å²) in [6.07, 6.45) is 9.36. The van der Waals surface area contributed by atoms with Gasteiger partial charge in [0, 0.05) is 30.4 Å². The van der Waals surface area contributed by atoms with Crippen molar-refractivity contribution in [1.82, 2.24) is 9.88 Å². The highest BCUT2D eigenvalue weighted by atomic mass is 16.1. The smallest absolute Gasteiger partial charge is 0.252 e. The van der Waals surface area contributed by atoms with E-state index in [-0.39, 0.29) is 5.56 Å². The van der Waals surface area contributed by atoms with Crippen molar-refractivity contribution in [3.8, 4) is 0 Å². The highest BCUT2D eigenvalue weighted by Gasteiger charge is 2.15. The van der Waals surface area contributed by atoms with Crippen molar-refractivity contribution in [3.05, 3.63) is 40.4 Å². The SMILES string of the molecule is C=C(Nc1c(C=N)ccc(=O)n1CCCC)NC1CCCCC1. The number of nitrogens with one attached hydrogen (secondary N) is 3. The molecule has 0 aliphatic heterocycles. The van der Waals surface area contributed by atoms with Crippen molar-refractivity contribution in [2.45, 2.75) is 64.5 Å². The number of rotatable bonds is 8. The van der Waals surface area contributed by atoms with Crippen molar-refractivity contribution >= 4 is 12.0 Å². The van der Waals surface area contributed by atoms with Crippen molar-refractivity contribution in [2.75, 3.05) is 5.32 Å². The Labute approximate surface area is 138 Å². The van der Waals surface area contributed by atoms with E-state index in [0.29, 0.717) is 29.8 Å². The quantitative estimate of drug-likeness (QED) is 0.643. The van der Waals surface area contributed by atoms with E-state index in [9.17, 15) is 4.79 Å². The van der Waals surface area contributed by atoms with Gasteiger partial charge in [0.05, 0.1) is 5.82 Å². The van der Waals surface area contributed by atoms with E-state index in [0.717, 1.165) is 25.7 Å². The third kappa shape index (κ3) is 4.71. The molecular weight excluding hydrogens is 288 g/mol. The highest BCUT2D eigenvalue weighted by molar-refractivity contribution is 5.84. The Morgan fingerprint density at radius 3 is 2.78 bits per heavy atom. The maximum absolute atomic E-state index is 12.2. The van der Waals surface area contributed by atoms with E-state index in [1.807, 2.05) is 0 Å². The first-order valence-electron chi connectivity index (χ1n) is 8.62. The second-order valence-electron chi connectivity index (χ2n) is 6.21. The predicted molar refractivity (Wildman–Crippen MR) is 96.3 cm³/mol. The van der Waals surface area contributed by atoms with Gasteiger partial charge in [0.15, 0.2) is 0 Å². The third-order valence-electron chi connectivity index (χ3n) is 4.36. The van der Waals surface area contributed by atoms with Gasteiger partial charge < -0.3 is 16.0 Å². The molecule has 0 unspecified atom stereocenters. The van der Waals surface area contributed by atoms with E-state index in [1.165, 1.54) is 31.5 Å². The Hall–Kier alpha value is -2.04. The fourth-order valence-electron chi connectivity index (χ4n) is 3.06. The molecule has 1 aromatic rings. The molecule has 1 saturated carbocycles. The molecule has 1 heterocycles. The molecule has 0 atom stereocenters. The lowest BCUT2D eigenvalue weighted by Gasteiger charge is -2.26. The molecule has 0 saturated heterocycles. The van der Waals surface area contributed by atoms with Crippen LogP contribution in [0.5, 0.6) is 0 Å². The normalized spacial score (nSPS) is 15.2. The molecule has 0 aromatic carbocycles. The lowest BCUT2D eigenvalue weighted by atomic mass is 9.96. The van der Waals surface area contributed by atoms with Crippen LogP contribution in [-0.2, 0) is 6.54 Å².